The maximum Gasteiger partial charge on any atom is 0.323 e. The summed E-state index contributed by atoms with van der Waals surface area (Å²) < 4.78 is 10.6. The lowest BCUT2D eigenvalue weighted by Crippen LogP contribution is -2.42. The molecule has 0 aromatic rings. The zero-order valence-corrected chi connectivity index (χ0v) is 11.2. The van der Waals surface area contributed by atoms with E-state index in [0.717, 1.165) is 32.4 Å². The lowest BCUT2D eigenvalue weighted by molar-refractivity contribution is -0.146. The number of carbonyl (C=O) groups is 1. The molecular formula is C13H25NO3. The fraction of sp³-hybridized carbons (Fsp3) is 0.923. The molecule has 2 atom stereocenters. The van der Waals surface area contributed by atoms with Crippen molar-refractivity contribution in [1.29, 1.82) is 0 Å². The van der Waals surface area contributed by atoms with Crippen molar-refractivity contribution in [3.8, 4) is 0 Å². The Labute approximate surface area is 104 Å². The molecule has 0 aromatic carbocycles. The topological polar surface area (TPSA) is 47.6 Å². The minimum atomic E-state index is -0.195. The Hall–Kier alpha value is -0.610. The van der Waals surface area contributed by atoms with Gasteiger partial charge in [-0.1, -0.05) is 13.8 Å². The summed E-state index contributed by atoms with van der Waals surface area (Å²) in [6, 6.07) is -0.195. The summed E-state index contributed by atoms with van der Waals surface area (Å²) >= 11 is 0. The number of esters is 1. The first-order chi connectivity index (χ1) is 8.13. The van der Waals surface area contributed by atoms with Crippen molar-refractivity contribution in [2.45, 2.75) is 52.2 Å². The predicted molar refractivity (Wildman–Crippen MR) is 66.9 cm³/mol. The molecule has 1 aliphatic heterocycles. The third-order valence-electron chi connectivity index (χ3n) is 2.89. The normalized spacial score (nSPS) is 21.8. The maximum atomic E-state index is 11.8. The molecule has 1 heterocycles. The van der Waals surface area contributed by atoms with Crippen LogP contribution in [0.3, 0.4) is 0 Å². The van der Waals surface area contributed by atoms with E-state index < -0.39 is 0 Å². The maximum absolute atomic E-state index is 11.8. The van der Waals surface area contributed by atoms with Gasteiger partial charge in [-0.25, -0.2) is 0 Å². The highest BCUT2D eigenvalue weighted by atomic mass is 16.5. The number of nitrogens with one attached hydrogen (secondary N) is 1. The van der Waals surface area contributed by atoms with E-state index in [-0.39, 0.29) is 18.1 Å². The highest BCUT2D eigenvalue weighted by Gasteiger charge is 2.23. The molecule has 100 valence electrons. The molecule has 0 spiro atoms. The Morgan fingerprint density at radius 2 is 2.29 bits per heavy atom. The molecule has 1 rings (SSSR count). The van der Waals surface area contributed by atoms with Crippen molar-refractivity contribution in [2.75, 3.05) is 19.8 Å². The third-order valence-corrected chi connectivity index (χ3v) is 2.89. The number of hydrogen-bond acceptors (Lipinski definition) is 4. The highest BCUT2D eigenvalue weighted by Crippen LogP contribution is 2.12. The van der Waals surface area contributed by atoms with Crippen LogP contribution in [0.4, 0.5) is 0 Å². The second-order valence-electron chi connectivity index (χ2n) is 4.98. The lowest BCUT2D eigenvalue weighted by atomic mass is 10.0. The third kappa shape index (κ3) is 5.50. The van der Waals surface area contributed by atoms with Gasteiger partial charge in [0.2, 0.25) is 0 Å². The van der Waals surface area contributed by atoms with Crippen molar-refractivity contribution >= 4 is 5.97 Å². The molecule has 0 amide bonds. The average Bonchev–Trinajstić information content (AvgIpc) is 2.76. The smallest absolute Gasteiger partial charge is 0.323 e. The van der Waals surface area contributed by atoms with Gasteiger partial charge in [-0.3, -0.25) is 4.79 Å². The molecule has 17 heavy (non-hydrogen) atoms. The van der Waals surface area contributed by atoms with E-state index in [1.807, 2.05) is 6.92 Å². The Morgan fingerprint density at radius 3 is 2.82 bits per heavy atom. The molecule has 1 aliphatic rings. The molecule has 1 saturated heterocycles. The van der Waals surface area contributed by atoms with Crippen LogP contribution in [-0.2, 0) is 14.3 Å². The summed E-state index contributed by atoms with van der Waals surface area (Å²) in [5.41, 5.74) is 0. The van der Waals surface area contributed by atoms with Gasteiger partial charge in [-0.2, -0.15) is 0 Å². The molecule has 0 aromatic heterocycles. The van der Waals surface area contributed by atoms with Gasteiger partial charge < -0.3 is 14.8 Å². The van der Waals surface area contributed by atoms with Gasteiger partial charge >= 0.3 is 5.97 Å². The van der Waals surface area contributed by atoms with Crippen molar-refractivity contribution < 1.29 is 14.3 Å². The van der Waals surface area contributed by atoms with E-state index in [4.69, 9.17) is 9.47 Å². The zero-order chi connectivity index (χ0) is 12.7. The van der Waals surface area contributed by atoms with E-state index in [1.54, 1.807) is 0 Å². The van der Waals surface area contributed by atoms with Crippen LogP contribution in [0, 0.1) is 5.92 Å². The molecule has 1 fully saturated rings. The first kappa shape index (κ1) is 14.5. The summed E-state index contributed by atoms with van der Waals surface area (Å²) in [6.45, 7) is 8.09. The summed E-state index contributed by atoms with van der Waals surface area (Å²) in [5.74, 6) is 0.334. The summed E-state index contributed by atoms with van der Waals surface area (Å²) in [7, 11) is 0. The van der Waals surface area contributed by atoms with E-state index in [0.29, 0.717) is 12.5 Å². The summed E-state index contributed by atoms with van der Waals surface area (Å²) in [4.78, 5) is 11.8. The first-order valence-electron chi connectivity index (χ1n) is 6.65. The van der Waals surface area contributed by atoms with Crippen LogP contribution in [0.15, 0.2) is 0 Å². The van der Waals surface area contributed by atoms with Crippen LogP contribution in [0.1, 0.15) is 40.0 Å². The van der Waals surface area contributed by atoms with Crippen molar-refractivity contribution in [3.63, 3.8) is 0 Å². The van der Waals surface area contributed by atoms with E-state index in [9.17, 15) is 4.79 Å². The van der Waals surface area contributed by atoms with Crippen molar-refractivity contribution in [3.05, 3.63) is 0 Å². The first-order valence-corrected chi connectivity index (χ1v) is 6.65. The quantitative estimate of drug-likeness (QED) is 0.692. The minimum Gasteiger partial charge on any atom is -0.465 e. The van der Waals surface area contributed by atoms with Gasteiger partial charge in [-0.15, -0.1) is 0 Å². The van der Waals surface area contributed by atoms with Crippen LogP contribution in [0.25, 0.3) is 0 Å². The highest BCUT2D eigenvalue weighted by molar-refractivity contribution is 5.75. The van der Waals surface area contributed by atoms with E-state index in [1.165, 1.54) is 0 Å². The van der Waals surface area contributed by atoms with Crippen LogP contribution in [-0.4, -0.2) is 37.9 Å². The second-order valence-corrected chi connectivity index (χ2v) is 4.98. The number of rotatable bonds is 7. The minimum absolute atomic E-state index is 0.140. The Balaban J connectivity index is 2.35. The van der Waals surface area contributed by atoms with Gasteiger partial charge in [0.1, 0.15) is 6.04 Å². The zero-order valence-electron chi connectivity index (χ0n) is 11.2. The summed E-state index contributed by atoms with van der Waals surface area (Å²) in [6.07, 6.45) is 3.29. The fourth-order valence-corrected chi connectivity index (χ4v) is 2.06. The molecule has 0 bridgehead atoms. The van der Waals surface area contributed by atoms with Crippen LogP contribution in [0.5, 0.6) is 0 Å². The molecule has 4 heteroatoms. The molecular weight excluding hydrogens is 218 g/mol. The van der Waals surface area contributed by atoms with Crippen LogP contribution >= 0.6 is 0 Å². The van der Waals surface area contributed by atoms with Gasteiger partial charge in [0.05, 0.1) is 12.7 Å². The molecule has 1 N–H and O–H groups in total. The van der Waals surface area contributed by atoms with E-state index in [2.05, 4.69) is 19.2 Å². The molecule has 0 aliphatic carbocycles. The Bertz CT molecular complexity index is 225. The largest absolute Gasteiger partial charge is 0.465 e. The molecule has 0 saturated carbocycles. The monoisotopic (exact) mass is 243 g/mol. The number of hydrogen-bond donors (Lipinski definition) is 1. The van der Waals surface area contributed by atoms with Gasteiger partial charge in [-0.05, 0) is 32.1 Å². The Morgan fingerprint density at radius 1 is 1.53 bits per heavy atom. The Kier molecular flexibility index (Phi) is 6.52. The van der Waals surface area contributed by atoms with Gasteiger partial charge in [0, 0.05) is 13.2 Å². The van der Waals surface area contributed by atoms with Gasteiger partial charge in [0.15, 0.2) is 0 Å². The van der Waals surface area contributed by atoms with Crippen molar-refractivity contribution in [1.82, 2.24) is 5.32 Å². The van der Waals surface area contributed by atoms with Crippen molar-refractivity contribution in [2.24, 2.45) is 5.92 Å². The second kappa shape index (κ2) is 7.67. The summed E-state index contributed by atoms with van der Waals surface area (Å²) in [5, 5.41) is 3.28. The van der Waals surface area contributed by atoms with E-state index >= 15 is 0 Å². The average molecular weight is 243 g/mol. The van der Waals surface area contributed by atoms with Crippen LogP contribution < -0.4 is 5.32 Å². The molecule has 0 radical (unpaired) electrons. The van der Waals surface area contributed by atoms with Gasteiger partial charge in [0.25, 0.3) is 0 Å². The molecule has 4 nitrogen and oxygen atoms in total. The SMILES string of the molecule is CCOC(=O)C(CC(C)C)NCC1CCCO1. The molecule has 2 unspecified atom stereocenters. The predicted octanol–water partition coefficient (Wildman–Crippen LogP) is 1.73. The standard InChI is InChI=1S/C13H25NO3/c1-4-16-13(15)12(8-10(2)3)14-9-11-6-5-7-17-11/h10-12,14H,4-9H2,1-3H3. The number of ether oxygens (including phenoxy) is 2. The number of carbonyl (C=O) groups excluding carboxylic acids is 1. The lowest BCUT2D eigenvalue weighted by Gasteiger charge is -2.20. The fourth-order valence-electron chi connectivity index (χ4n) is 2.06. The van der Waals surface area contributed by atoms with Crippen LogP contribution in [0.2, 0.25) is 0 Å².